The molecule has 0 unspecified atom stereocenters. The molecule has 0 saturated carbocycles. The van der Waals surface area contributed by atoms with Gasteiger partial charge in [0.1, 0.15) is 0 Å². The Morgan fingerprint density at radius 2 is 1.85 bits per heavy atom. The molecule has 0 aliphatic rings. The molecule has 0 N–H and O–H groups in total. The lowest BCUT2D eigenvalue weighted by Crippen LogP contribution is -2.30. The van der Waals surface area contributed by atoms with Gasteiger partial charge in [0.2, 0.25) is 0 Å². The molecule has 0 atom stereocenters. The minimum absolute atomic E-state index is 0.0910. The molecule has 0 aliphatic carbocycles. The van der Waals surface area contributed by atoms with Gasteiger partial charge in [-0.15, -0.1) is 0 Å². The SMILES string of the molecule is COc1ccc(CN(C)C(=O)COC(=O)c2ccc([N+](=O)[O-])cc2)cc1F. The van der Waals surface area contributed by atoms with E-state index in [0.29, 0.717) is 5.56 Å². The van der Waals surface area contributed by atoms with Crippen molar-refractivity contribution >= 4 is 17.6 Å². The number of carbonyl (C=O) groups excluding carboxylic acids is 2. The number of nitro benzene ring substituents is 1. The van der Waals surface area contributed by atoms with Crippen molar-refractivity contribution in [2.45, 2.75) is 6.54 Å². The summed E-state index contributed by atoms with van der Waals surface area (Å²) >= 11 is 0. The Hall–Kier alpha value is -3.49. The number of methoxy groups -OCH3 is 1. The van der Waals surface area contributed by atoms with E-state index < -0.39 is 29.2 Å². The highest BCUT2D eigenvalue weighted by Gasteiger charge is 2.15. The quantitative estimate of drug-likeness (QED) is 0.418. The molecular weight excluding hydrogens is 359 g/mol. The molecule has 9 heteroatoms. The molecule has 0 radical (unpaired) electrons. The molecule has 0 heterocycles. The summed E-state index contributed by atoms with van der Waals surface area (Å²) in [5, 5.41) is 10.6. The van der Waals surface area contributed by atoms with E-state index >= 15 is 0 Å². The summed E-state index contributed by atoms with van der Waals surface area (Å²) in [5.74, 6) is -1.70. The average molecular weight is 376 g/mol. The molecule has 2 aromatic rings. The third-order valence-corrected chi connectivity index (χ3v) is 3.70. The van der Waals surface area contributed by atoms with Crippen LogP contribution in [0.25, 0.3) is 0 Å². The molecule has 142 valence electrons. The molecule has 0 saturated heterocycles. The number of likely N-dealkylation sites (N-methyl/N-ethyl adjacent to an activating group) is 1. The summed E-state index contributed by atoms with van der Waals surface area (Å²) in [7, 11) is 2.84. The fourth-order valence-electron chi connectivity index (χ4n) is 2.21. The first-order valence-electron chi connectivity index (χ1n) is 7.79. The molecule has 0 bridgehead atoms. The number of non-ortho nitro benzene ring substituents is 1. The Bertz CT molecular complexity index is 853. The van der Waals surface area contributed by atoms with Crippen LogP contribution < -0.4 is 4.74 Å². The number of nitrogens with zero attached hydrogens (tertiary/aromatic N) is 2. The zero-order chi connectivity index (χ0) is 20.0. The van der Waals surface area contributed by atoms with Crippen molar-refractivity contribution in [1.29, 1.82) is 0 Å². The Morgan fingerprint density at radius 3 is 2.41 bits per heavy atom. The van der Waals surface area contributed by atoms with E-state index in [1.54, 1.807) is 6.07 Å². The van der Waals surface area contributed by atoms with Crippen LogP contribution in [0.4, 0.5) is 10.1 Å². The summed E-state index contributed by atoms with van der Waals surface area (Å²) < 4.78 is 23.4. The van der Waals surface area contributed by atoms with Crippen LogP contribution >= 0.6 is 0 Å². The van der Waals surface area contributed by atoms with E-state index in [1.165, 1.54) is 55.5 Å². The van der Waals surface area contributed by atoms with Crippen LogP contribution in [0.5, 0.6) is 5.75 Å². The number of hydrogen-bond donors (Lipinski definition) is 0. The Morgan fingerprint density at radius 1 is 1.19 bits per heavy atom. The van der Waals surface area contributed by atoms with Crippen LogP contribution in [0.2, 0.25) is 0 Å². The van der Waals surface area contributed by atoms with Crippen LogP contribution in [0.1, 0.15) is 15.9 Å². The molecular formula is C18H17FN2O6. The minimum Gasteiger partial charge on any atom is -0.494 e. The first kappa shape index (κ1) is 19.8. The number of benzene rings is 2. The summed E-state index contributed by atoms with van der Waals surface area (Å²) in [5.41, 5.74) is 0.480. The second-order valence-corrected chi connectivity index (χ2v) is 5.60. The Labute approximate surface area is 154 Å². The maximum absolute atomic E-state index is 13.7. The predicted molar refractivity (Wildman–Crippen MR) is 92.8 cm³/mol. The largest absolute Gasteiger partial charge is 0.494 e. The van der Waals surface area contributed by atoms with Crippen molar-refractivity contribution in [2.24, 2.45) is 0 Å². The predicted octanol–water partition coefficient (Wildman–Crippen LogP) is 2.56. The summed E-state index contributed by atoms with van der Waals surface area (Å²) in [4.78, 5) is 35.3. The van der Waals surface area contributed by atoms with Gasteiger partial charge in [-0.2, -0.15) is 0 Å². The van der Waals surface area contributed by atoms with Crippen LogP contribution in [0, 0.1) is 15.9 Å². The van der Waals surface area contributed by atoms with Gasteiger partial charge in [0.25, 0.3) is 11.6 Å². The van der Waals surface area contributed by atoms with Gasteiger partial charge in [-0.25, -0.2) is 9.18 Å². The summed E-state index contributed by atoms with van der Waals surface area (Å²) in [6.45, 7) is -0.389. The second-order valence-electron chi connectivity index (χ2n) is 5.60. The van der Waals surface area contributed by atoms with E-state index in [-0.39, 0.29) is 23.5 Å². The lowest BCUT2D eigenvalue weighted by atomic mass is 10.2. The first-order chi connectivity index (χ1) is 12.8. The lowest BCUT2D eigenvalue weighted by Gasteiger charge is -2.17. The molecule has 8 nitrogen and oxygen atoms in total. The van der Waals surface area contributed by atoms with Gasteiger partial charge >= 0.3 is 5.97 Å². The van der Waals surface area contributed by atoms with E-state index in [9.17, 15) is 24.1 Å². The van der Waals surface area contributed by atoms with Gasteiger partial charge in [-0.05, 0) is 29.8 Å². The van der Waals surface area contributed by atoms with Crippen molar-refractivity contribution in [3.8, 4) is 5.75 Å². The highest BCUT2D eigenvalue weighted by Crippen LogP contribution is 2.18. The van der Waals surface area contributed by atoms with Crippen LogP contribution in [-0.2, 0) is 16.1 Å². The van der Waals surface area contributed by atoms with E-state index in [1.807, 2.05) is 0 Å². The normalized spacial score (nSPS) is 10.2. The summed E-state index contributed by atoms with van der Waals surface area (Å²) in [6.07, 6.45) is 0. The average Bonchev–Trinajstić information content (AvgIpc) is 2.66. The molecule has 0 spiro atoms. The van der Waals surface area contributed by atoms with Gasteiger partial charge in [-0.3, -0.25) is 14.9 Å². The van der Waals surface area contributed by atoms with Crippen molar-refractivity contribution in [2.75, 3.05) is 20.8 Å². The van der Waals surface area contributed by atoms with Crippen molar-refractivity contribution in [3.63, 3.8) is 0 Å². The van der Waals surface area contributed by atoms with Crippen LogP contribution in [0.15, 0.2) is 42.5 Å². The van der Waals surface area contributed by atoms with Crippen molar-refractivity contribution < 1.29 is 28.4 Å². The van der Waals surface area contributed by atoms with Gasteiger partial charge in [0, 0.05) is 25.7 Å². The number of rotatable bonds is 7. The highest BCUT2D eigenvalue weighted by molar-refractivity contribution is 5.91. The van der Waals surface area contributed by atoms with Gasteiger partial charge in [0.05, 0.1) is 17.6 Å². The number of nitro groups is 1. The lowest BCUT2D eigenvalue weighted by molar-refractivity contribution is -0.384. The number of hydrogen-bond acceptors (Lipinski definition) is 6. The molecule has 27 heavy (non-hydrogen) atoms. The van der Waals surface area contributed by atoms with Gasteiger partial charge in [-0.1, -0.05) is 6.07 Å². The number of halogens is 1. The van der Waals surface area contributed by atoms with E-state index in [0.717, 1.165) is 0 Å². The molecule has 0 fully saturated rings. The maximum Gasteiger partial charge on any atom is 0.338 e. The standard InChI is InChI=1S/C18H17FN2O6/c1-20(10-12-3-8-16(26-2)15(19)9-12)17(22)11-27-18(23)13-4-6-14(7-5-13)21(24)25/h3-9H,10-11H2,1-2H3. The van der Waals surface area contributed by atoms with E-state index in [4.69, 9.17) is 9.47 Å². The number of ether oxygens (including phenoxy) is 2. The summed E-state index contributed by atoms with van der Waals surface area (Å²) in [6, 6.07) is 9.16. The maximum atomic E-state index is 13.7. The first-order valence-corrected chi connectivity index (χ1v) is 7.79. The van der Waals surface area contributed by atoms with E-state index in [2.05, 4.69) is 0 Å². The van der Waals surface area contributed by atoms with Crippen LogP contribution in [0.3, 0.4) is 0 Å². The third-order valence-electron chi connectivity index (χ3n) is 3.70. The van der Waals surface area contributed by atoms with Crippen molar-refractivity contribution in [1.82, 2.24) is 4.90 Å². The molecule has 2 aromatic carbocycles. The third kappa shape index (κ3) is 5.24. The number of esters is 1. The Balaban J connectivity index is 1.89. The second kappa shape index (κ2) is 8.75. The fourth-order valence-corrected chi connectivity index (χ4v) is 2.21. The van der Waals surface area contributed by atoms with Gasteiger partial charge < -0.3 is 14.4 Å². The molecule has 0 aliphatic heterocycles. The number of amides is 1. The fraction of sp³-hybridized carbons (Fsp3) is 0.222. The number of carbonyl (C=O) groups is 2. The molecule has 1 amide bonds. The molecule has 2 rings (SSSR count). The highest BCUT2D eigenvalue weighted by atomic mass is 19.1. The topological polar surface area (TPSA) is 99.0 Å². The molecule has 0 aromatic heterocycles. The smallest absolute Gasteiger partial charge is 0.338 e. The Kier molecular flexibility index (Phi) is 6.42. The zero-order valence-electron chi connectivity index (χ0n) is 14.7. The van der Waals surface area contributed by atoms with Crippen molar-refractivity contribution in [3.05, 3.63) is 69.5 Å². The van der Waals surface area contributed by atoms with Crippen LogP contribution in [-0.4, -0.2) is 42.5 Å². The van der Waals surface area contributed by atoms with Gasteiger partial charge in [0.15, 0.2) is 18.2 Å². The minimum atomic E-state index is -0.776. The zero-order valence-corrected chi connectivity index (χ0v) is 14.7. The monoisotopic (exact) mass is 376 g/mol.